The van der Waals surface area contributed by atoms with Gasteiger partial charge >= 0.3 is 0 Å². The SMILES string of the molecule is CC.CN1CCNCC1N. The fraction of sp³-hybridized carbons (Fsp3) is 1.00. The number of nitrogens with zero attached hydrogens (tertiary/aromatic N) is 1. The molecular weight excluding hydrogens is 126 g/mol. The van der Waals surface area contributed by atoms with Crippen LogP contribution in [0.25, 0.3) is 0 Å². The summed E-state index contributed by atoms with van der Waals surface area (Å²) in [6.45, 7) is 7.07. The van der Waals surface area contributed by atoms with Crippen LogP contribution >= 0.6 is 0 Å². The molecule has 1 atom stereocenters. The molecule has 0 aromatic heterocycles. The van der Waals surface area contributed by atoms with Gasteiger partial charge in [0.1, 0.15) is 0 Å². The van der Waals surface area contributed by atoms with Crippen molar-refractivity contribution in [1.29, 1.82) is 0 Å². The van der Waals surface area contributed by atoms with Gasteiger partial charge in [-0.15, -0.1) is 0 Å². The van der Waals surface area contributed by atoms with Crippen molar-refractivity contribution < 1.29 is 0 Å². The largest absolute Gasteiger partial charge is 0.315 e. The van der Waals surface area contributed by atoms with E-state index in [9.17, 15) is 0 Å². The maximum atomic E-state index is 5.64. The Morgan fingerprint density at radius 3 is 2.40 bits per heavy atom. The molecule has 0 spiro atoms. The van der Waals surface area contributed by atoms with E-state index >= 15 is 0 Å². The lowest BCUT2D eigenvalue weighted by molar-refractivity contribution is 0.205. The molecule has 0 bridgehead atoms. The zero-order chi connectivity index (χ0) is 7.98. The molecule has 1 aliphatic heterocycles. The maximum absolute atomic E-state index is 5.64. The summed E-state index contributed by atoms with van der Waals surface area (Å²) >= 11 is 0. The summed E-state index contributed by atoms with van der Waals surface area (Å²) < 4.78 is 0. The van der Waals surface area contributed by atoms with Crippen LogP contribution in [0.15, 0.2) is 0 Å². The van der Waals surface area contributed by atoms with Gasteiger partial charge in [-0.3, -0.25) is 4.90 Å². The summed E-state index contributed by atoms with van der Waals surface area (Å²) in [4.78, 5) is 2.15. The van der Waals surface area contributed by atoms with Gasteiger partial charge in [-0.25, -0.2) is 0 Å². The molecule has 0 aromatic rings. The number of piperazine rings is 1. The highest BCUT2D eigenvalue weighted by Gasteiger charge is 2.12. The Hall–Kier alpha value is -0.120. The second kappa shape index (κ2) is 5.65. The van der Waals surface area contributed by atoms with Gasteiger partial charge in [-0.05, 0) is 7.05 Å². The predicted octanol–water partition coefficient (Wildman–Crippen LogP) is -0.168. The van der Waals surface area contributed by atoms with Crippen LogP contribution < -0.4 is 11.1 Å². The van der Waals surface area contributed by atoms with Gasteiger partial charge < -0.3 is 11.1 Å². The molecule has 62 valence electrons. The molecular formula is C7H19N3. The lowest BCUT2D eigenvalue weighted by atomic mass is 10.3. The van der Waals surface area contributed by atoms with E-state index < -0.39 is 0 Å². The Morgan fingerprint density at radius 1 is 1.50 bits per heavy atom. The van der Waals surface area contributed by atoms with E-state index in [1.54, 1.807) is 0 Å². The van der Waals surface area contributed by atoms with E-state index in [-0.39, 0.29) is 6.17 Å². The van der Waals surface area contributed by atoms with Crippen molar-refractivity contribution in [2.24, 2.45) is 5.73 Å². The molecule has 3 nitrogen and oxygen atoms in total. The normalized spacial score (nSPS) is 27.0. The average Bonchev–Trinajstić information content (AvgIpc) is 2.00. The zero-order valence-corrected chi connectivity index (χ0v) is 7.22. The summed E-state index contributed by atoms with van der Waals surface area (Å²) in [7, 11) is 2.05. The third-order valence-electron chi connectivity index (χ3n) is 1.56. The van der Waals surface area contributed by atoms with Gasteiger partial charge in [0.05, 0.1) is 6.17 Å². The van der Waals surface area contributed by atoms with E-state index in [0.29, 0.717) is 0 Å². The fourth-order valence-corrected chi connectivity index (χ4v) is 0.827. The first-order valence-corrected chi connectivity index (χ1v) is 3.97. The van der Waals surface area contributed by atoms with Crippen LogP contribution in [0.2, 0.25) is 0 Å². The third kappa shape index (κ3) is 3.15. The van der Waals surface area contributed by atoms with Gasteiger partial charge in [0, 0.05) is 19.6 Å². The first-order valence-electron chi connectivity index (χ1n) is 3.97. The van der Waals surface area contributed by atoms with Gasteiger partial charge in [-0.2, -0.15) is 0 Å². The van der Waals surface area contributed by atoms with Crippen LogP contribution in [0.5, 0.6) is 0 Å². The van der Waals surface area contributed by atoms with Crippen molar-refractivity contribution >= 4 is 0 Å². The van der Waals surface area contributed by atoms with Crippen LogP contribution in [-0.4, -0.2) is 37.7 Å². The van der Waals surface area contributed by atoms with Crippen LogP contribution in [0.1, 0.15) is 13.8 Å². The topological polar surface area (TPSA) is 41.3 Å². The van der Waals surface area contributed by atoms with Crippen molar-refractivity contribution in [2.45, 2.75) is 20.0 Å². The van der Waals surface area contributed by atoms with Crippen molar-refractivity contribution in [3.8, 4) is 0 Å². The standard InChI is InChI=1S/C5H13N3.C2H6/c1-8-3-2-7-4-5(8)6;1-2/h5,7H,2-4,6H2,1H3;1-2H3. The Kier molecular flexibility index (Phi) is 5.58. The van der Waals surface area contributed by atoms with Crippen LogP contribution in [0.4, 0.5) is 0 Å². The zero-order valence-electron chi connectivity index (χ0n) is 7.22. The highest BCUT2D eigenvalue weighted by Crippen LogP contribution is 1.90. The van der Waals surface area contributed by atoms with Gasteiger partial charge in [0.25, 0.3) is 0 Å². The van der Waals surface area contributed by atoms with Crippen molar-refractivity contribution in [2.75, 3.05) is 26.7 Å². The monoisotopic (exact) mass is 145 g/mol. The van der Waals surface area contributed by atoms with Crippen molar-refractivity contribution in [3.63, 3.8) is 0 Å². The molecule has 3 N–H and O–H groups in total. The number of nitrogens with two attached hydrogens (primary N) is 1. The summed E-state index contributed by atoms with van der Waals surface area (Å²) in [5.41, 5.74) is 5.64. The molecule has 0 aromatic carbocycles. The van der Waals surface area contributed by atoms with E-state index in [1.165, 1.54) is 0 Å². The van der Waals surface area contributed by atoms with E-state index in [1.807, 2.05) is 20.9 Å². The minimum absolute atomic E-state index is 0.226. The maximum Gasteiger partial charge on any atom is 0.0698 e. The van der Waals surface area contributed by atoms with Crippen molar-refractivity contribution in [1.82, 2.24) is 10.2 Å². The Labute approximate surface area is 63.6 Å². The Morgan fingerprint density at radius 2 is 2.10 bits per heavy atom. The molecule has 1 aliphatic rings. The van der Waals surface area contributed by atoms with Gasteiger partial charge in [-0.1, -0.05) is 13.8 Å². The molecule has 1 saturated heterocycles. The molecule has 10 heavy (non-hydrogen) atoms. The Bertz CT molecular complexity index is 65.3. The number of rotatable bonds is 0. The minimum atomic E-state index is 0.226. The van der Waals surface area contributed by atoms with Crippen molar-refractivity contribution in [3.05, 3.63) is 0 Å². The molecule has 1 heterocycles. The van der Waals surface area contributed by atoms with E-state index in [0.717, 1.165) is 19.6 Å². The lowest BCUT2D eigenvalue weighted by Gasteiger charge is -2.29. The molecule has 0 aliphatic carbocycles. The molecule has 0 amide bonds. The Balaban J connectivity index is 0.000000371. The number of hydrogen-bond acceptors (Lipinski definition) is 3. The number of hydrogen-bond donors (Lipinski definition) is 2. The second-order valence-electron chi connectivity index (χ2n) is 2.25. The van der Waals surface area contributed by atoms with E-state index in [2.05, 4.69) is 10.2 Å². The highest BCUT2D eigenvalue weighted by atomic mass is 15.2. The minimum Gasteiger partial charge on any atom is -0.315 e. The summed E-state index contributed by atoms with van der Waals surface area (Å²) in [6, 6.07) is 0. The van der Waals surface area contributed by atoms with Crippen LogP contribution in [0, 0.1) is 0 Å². The molecule has 1 fully saturated rings. The first kappa shape index (κ1) is 9.88. The van der Waals surface area contributed by atoms with Crippen LogP contribution in [-0.2, 0) is 0 Å². The molecule has 0 radical (unpaired) electrons. The summed E-state index contributed by atoms with van der Waals surface area (Å²) in [5.74, 6) is 0. The van der Waals surface area contributed by atoms with Gasteiger partial charge in [0.15, 0.2) is 0 Å². The summed E-state index contributed by atoms with van der Waals surface area (Å²) in [6.07, 6.45) is 0.226. The molecule has 1 unspecified atom stereocenters. The average molecular weight is 145 g/mol. The third-order valence-corrected chi connectivity index (χ3v) is 1.56. The fourth-order valence-electron chi connectivity index (χ4n) is 0.827. The first-order chi connectivity index (χ1) is 4.80. The highest BCUT2D eigenvalue weighted by molar-refractivity contribution is 4.70. The molecule has 1 rings (SSSR count). The van der Waals surface area contributed by atoms with Gasteiger partial charge in [0.2, 0.25) is 0 Å². The predicted molar refractivity (Wildman–Crippen MR) is 44.8 cm³/mol. The molecule has 3 heteroatoms. The summed E-state index contributed by atoms with van der Waals surface area (Å²) in [5, 5.41) is 3.20. The van der Waals surface area contributed by atoms with Crippen LogP contribution in [0.3, 0.4) is 0 Å². The second-order valence-corrected chi connectivity index (χ2v) is 2.25. The molecule has 0 saturated carbocycles. The smallest absolute Gasteiger partial charge is 0.0698 e. The quantitative estimate of drug-likeness (QED) is 0.497. The number of likely N-dealkylation sites (N-methyl/N-ethyl adjacent to an activating group) is 1. The number of nitrogens with one attached hydrogen (secondary N) is 1. The van der Waals surface area contributed by atoms with E-state index in [4.69, 9.17) is 5.73 Å². The lowest BCUT2D eigenvalue weighted by Crippen LogP contribution is -2.53.